The minimum atomic E-state index is -3.83. The fourth-order valence-corrected chi connectivity index (χ4v) is 4.01. The Kier molecular flexibility index (Phi) is 5.45. The summed E-state index contributed by atoms with van der Waals surface area (Å²) in [5.74, 6) is 0.358. The molecule has 0 aliphatic heterocycles. The second-order valence-electron chi connectivity index (χ2n) is 5.92. The molecular weight excluding hydrogens is 384 g/mol. The molecule has 0 bridgehead atoms. The highest BCUT2D eigenvalue weighted by Gasteiger charge is 2.18. The first-order chi connectivity index (χ1) is 12.7. The standard InChI is InChI=1S/C18H18N4O3S2/c1-11(17(23)22-13-6-5-7-14(10-13)27(19,24)25)26-18-15-8-3-4-9-16(15)20-12(2)21-18/h3-11H,1-2H3,(H,22,23)(H2,19,24,25)/t11-/m1/s1. The van der Waals surface area contributed by atoms with Gasteiger partial charge < -0.3 is 5.32 Å². The molecule has 1 aromatic heterocycles. The van der Waals surface area contributed by atoms with Crippen molar-refractivity contribution in [2.24, 2.45) is 5.14 Å². The van der Waals surface area contributed by atoms with E-state index in [1.54, 1.807) is 19.9 Å². The highest BCUT2D eigenvalue weighted by Crippen LogP contribution is 2.29. The number of hydrogen-bond acceptors (Lipinski definition) is 6. The van der Waals surface area contributed by atoms with Crippen LogP contribution in [0.4, 0.5) is 5.69 Å². The lowest BCUT2D eigenvalue weighted by molar-refractivity contribution is -0.115. The van der Waals surface area contributed by atoms with E-state index in [4.69, 9.17) is 5.14 Å². The third kappa shape index (κ3) is 4.62. The molecule has 2 aromatic carbocycles. The maximum Gasteiger partial charge on any atom is 0.238 e. The van der Waals surface area contributed by atoms with Crippen molar-refractivity contribution in [3.63, 3.8) is 0 Å². The highest BCUT2D eigenvalue weighted by atomic mass is 32.2. The number of nitrogens with one attached hydrogen (secondary N) is 1. The minimum absolute atomic E-state index is 0.0574. The van der Waals surface area contributed by atoms with Crippen molar-refractivity contribution in [2.75, 3.05) is 5.32 Å². The van der Waals surface area contributed by atoms with Crippen LogP contribution < -0.4 is 10.5 Å². The second kappa shape index (κ2) is 7.63. The van der Waals surface area contributed by atoms with Crippen LogP contribution >= 0.6 is 11.8 Å². The van der Waals surface area contributed by atoms with Gasteiger partial charge in [-0.2, -0.15) is 0 Å². The molecule has 7 nitrogen and oxygen atoms in total. The molecule has 1 heterocycles. The Labute approximate surface area is 161 Å². The predicted molar refractivity (Wildman–Crippen MR) is 106 cm³/mol. The van der Waals surface area contributed by atoms with Gasteiger partial charge in [0.2, 0.25) is 15.9 Å². The van der Waals surface area contributed by atoms with Crippen molar-refractivity contribution in [1.82, 2.24) is 9.97 Å². The van der Waals surface area contributed by atoms with Gasteiger partial charge >= 0.3 is 0 Å². The summed E-state index contributed by atoms with van der Waals surface area (Å²) in [6.07, 6.45) is 0. The van der Waals surface area contributed by atoms with Gasteiger partial charge in [-0.25, -0.2) is 23.5 Å². The normalized spacial score (nSPS) is 12.7. The number of primary sulfonamides is 1. The van der Waals surface area contributed by atoms with Crippen molar-refractivity contribution >= 4 is 44.3 Å². The number of sulfonamides is 1. The summed E-state index contributed by atoms with van der Waals surface area (Å²) in [6, 6.07) is 13.4. The van der Waals surface area contributed by atoms with Crippen molar-refractivity contribution in [1.29, 1.82) is 0 Å². The van der Waals surface area contributed by atoms with E-state index in [1.165, 1.54) is 30.0 Å². The van der Waals surface area contributed by atoms with E-state index in [-0.39, 0.29) is 10.8 Å². The number of aromatic nitrogens is 2. The maximum absolute atomic E-state index is 12.5. The summed E-state index contributed by atoms with van der Waals surface area (Å²) >= 11 is 1.32. The monoisotopic (exact) mass is 402 g/mol. The number of hydrogen-bond donors (Lipinski definition) is 2. The summed E-state index contributed by atoms with van der Waals surface area (Å²) in [5, 5.41) is 8.98. The fourth-order valence-electron chi connectivity index (χ4n) is 2.46. The zero-order valence-corrected chi connectivity index (χ0v) is 16.3. The van der Waals surface area contributed by atoms with Crippen LogP contribution in [0.2, 0.25) is 0 Å². The van der Waals surface area contributed by atoms with E-state index in [2.05, 4.69) is 15.3 Å². The van der Waals surface area contributed by atoms with Gasteiger partial charge in [-0.1, -0.05) is 36.0 Å². The molecule has 3 aromatic rings. The Morgan fingerprint density at radius 3 is 2.63 bits per heavy atom. The van der Waals surface area contributed by atoms with Crippen LogP contribution in [0.25, 0.3) is 10.9 Å². The van der Waals surface area contributed by atoms with Gasteiger partial charge in [-0.3, -0.25) is 4.79 Å². The van der Waals surface area contributed by atoms with Crippen molar-refractivity contribution in [3.05, 3.63) is 54.4 Å². The number of anilines is 1. The molecule has 1 atom stereocenters. The predicted octanol–water partition coefficient (Wildman–Crippen LogP) is 2.70. The fraction of sp³-hybridized carbons (Fsp3) is 0.167. The number of carbonyl (C=O) groups is 1. The number of carbonyl (C=O) groups excluding carboxylic acids is 1. The summed E-state index contributed by atoms with van der Waals surface area (Å²) in [7, 11) is -3.83. The van der Waals surface area contributed by atoms with Crippen LogP contribution in [0.5, 0.6) is 0 Å². The molecule has 1 amide bonds. The first-order valence-electron chi connectivity index (χ1n) is 8.08. The number of amides is 1. The average molecular weight is 403 g/mol. The minimum Gasteiger partial charge on any atom is -0.325 e. The third-order valence-corrected chi connectivity index (χ3v) is 5.78. The molecule has 0 saturated carbocycles. The number of fused-ring (bicyclic) bond motifs is 1. The maximum atomic E-state index is 12.5. The molecule has 0 fully saturated rings. The largest absolute Gasteiger partial charge is 0.325 e. The summed E-state index contributed by atoms with van der Waals surface area (Å²) in [4.78, 5) is 21.3. The Morgan fingerprint density at radius 2 is 1.89 bits per heavy atom. The van der Waals surface area contributed by atoms with E-state index in [1.807, 2.05) is 24.3 Å². The Balaban J connectivity index is 1.79. The molecule has 3 rings (SSSR count). The lowest BCUT2D eigenvalue weighted by Gasteiger charge is -2.13. The molecule has 0 aliphatic rings. The van der Waals surface area contributed by atoms with Gasteiger partial charge in [0, 0.05) is 11.1 Å². The Morgan fingerprint density at radius 1 is 1.15 bits per heavy atom. The number of benzene rings is 2. The topological polar surface area (TPSA) is 115 Å². The molecule has 3 N–H and O–H groups in total. The van der Waals surface area contributed by atoms with E-state index in [0.29, 0.717) is 11.5 Å². The number of nitrogens with two attached hydrogens (primary N) is 1. The van der Waals surface area contributed by atoms with Crippen LogP contribution in [0.15, 0.2) is 58.5 Å². The van der Waals surface area contributed by atoms with Crippen LogP contribution in [0, 0.1) is 6.92 Å². The molecule has 0 saturated heterocycles. The van der Waals surface area contributed by atoms with Crippen LogP contribution in [0.1, 0.15) is 12.7 Å². The van der Waals surface area contributed by atoms with E-state index in [0.717, 1.165) is 15.9 Å². The smallest absolute Gasteiger partial charge is 0.238 e. The summed E-state index contributed by atoms with van der Waals surface area (Å²) < 4.78 is 22.9. The third-order valence-electron chi connectivity index (χ3n) is 3.77. The molecule has 0 spiro atoms. The molecule has 9 heteroatoms. The number of rotatable bonds is 5. The average Bonchev–Trinajstić information content (AvgIpc) is 2.61. The first kappa shape index (κ1) is 19.3. The highest BCUT2D eigenvalue weighted by molar-refractivity contribution is 8.00. The number of thioether (sulfide) groups is 1. The summed E-state index contributed by atoms with van der Waals surface area (Å²) in [5.41, 5.74) is 1.18. The number of nitrogens with zero attached hydrogens (tertiary/aromatic N) is 2. The lowest BCUT2D eigenvalue weighted by Crippen LogP contribution is -2.23. The Bertz CT molecular complexity index is 1120. The molecule has 140 valence electrons. The van der Waals surface area contributed by atoms with Gasteiger partial charge in [0.15, 0.2) is 0 Å². The van der Waals surface area contributed by atoms with Gasteiger partial charge in [-0.05, 0) is 38.1 Å². The molecule has 0 aliphatic carbocycles. The molecule has 0 unspecified atom stereocenters. The van der Waals surface area contributed by atoms with Gasteiger partial charge in [0.25, 0.3) is 0 Å². The molecular formula is C18H18N4O3S2. The lowest BCUT2D eigenvalue weighted by atomic mass is 10.2. The van der Waals surface area contributed by atoms with E-state index < -0.39 is 15.3 Å². The first-order valence-corrected chi connectivity index (χ1v) is 10.5. The van der Waals surface area contributed by atoms with Crippen molar-refractivity contribution in [2.45, 2.75) is 29.0 Å². The molecule has 27 heavy (non-hydrogen) atoms. The van der Waals surface area contributed by atoms with Gasteiger partial charge in [0.1, 0.15) is 10.9 Å². The zero-order valence-electron chi connectivity index (χ0n) is 14.7. The van der Waals surface area contributed by atoms with Crippen LogP contribution in [-0.2, 0) is 14.8 Å². The van der Waals surface area contributed by atoms with Crippen molar-refractivity contribution < 1.29 is 13.2 Å². The SMILES string of the molecule is Cc1nc(S[C@H](C)C(=O)Nc2cccc(S(N)(=O)=O)c2)c2ccccc2n1. The van der Waals surface area contributed by atoms with Crippen LogP contribution in [0.3, 0.4) is 0 Å². The van der Waals surface area contributed by atoms with Crippen molar-refractivity contribution in [3.8, 4) is 0 Å². The summed E-state index contributed by atoms with van der Waals surface area (Å²) in [6.45, 7) is 3.57. The molecule has 0 radical (unpaired) electrons. The van der Waals surface area contributed by atoms with Crippen LogP contribution in [-0.4, -0.2) is 29.5 Å². The zero-order chi connectivity index (χ0) is 19.6. The van der Waals surface area contributed by atoms with Gasteiger partial charge in [-0.15, -0.1) is 0 Å². The van der Waals surface area contributed by atoms with E-state index in [9.17, 15) is 13.2 Å². The van der Waals surface area contributed by atoms with Gasteiger partial charge in [0.05, 0.1) is 15.7 Å². The Hall–Kier alpha value is -2.49. The number of para-hydroxylation sites is 1. The quantitative estimate of drug-likeness (QED) is 0.501. The van der Waals surface area contributed by atoms with E-state index >= 15 is 0 Å². The second-order valence-corrected chi connectivity index (χ2v) is 8.81. The number of aryl methyl sites for hydroxylation is 1.